The molecule has 0 aliphatic rings. The van der Waals surface area contributed by atoms with Crippen molar-refractivity contribution in [3.05, 3.63) is 113 Å². The van der Waals surface area contributed by atoms with E-state index in [1.54, 1.807) is 4.57 Å². The molecule has 3 aromatic carbocycles. The molecule has 0 radical (unpaired) electrons. The number of hydrogen-bond acceptors (Lipinski definition) is 5. The normalized spacial score (nSPS) is 11.3. The molecule has 8 nitrogen and oxygen atoms in total. The molecule has 168 valence electrons. The fourth-order valence-corrected chi connectivity index (χ4v) is 3.89. The van der Waals surface area contributed by atoms with Gasteiger partial charge >= 0.3 is 5.69 Å². The molecule has 2 heterocycles. The van der Waals surface area contributed by atoms with Crippen LogP contribution in [0.1, 0.15) is 18.3 Å². The summed E-state index contributed by atoms with van der Waals surface area (Å²) in [5.74, 6) is 1.34. The Kier molecular flexibility index (Phi) is 5.94. The smallest absolute Gasteiger partial charge is 0.274 e. The fraction of sp³-hybridized carbons (Fsp3) is 0.115. The Labute approximate surface area is 196 Å². The average molecular weight is 450 g/mol. The molecule has 0 saturated heterocycles. The summed E-state index contributed by atoms with van der Waals surface area (Å²) in [6.07, 6.45) is 4.56. The minimum absolute atomic E-state index is 0.155. The molecule has 5 aromatic rings. The van der Waals surface area contributed by atoms with Crippen molar-refractivity contribution in [1.82, 2.24) is 35.0 Å². The topological polar surface area (TPSA) is 94.3 Å². The average Bonchev–Trinajstić information content (AvgIpc) is 3.53. The van der Waals surface area contributed by atoms with E-state index in [-0.39, 0.29) is 5.69 Å². The van der Waals surface area contributed by atoms with Gasteiger partial charge in [-0.25, -0.2) is 9.89 Å². The zero-order chi connectivity index (χ0) is 23.3. The third-order valence-electron chi connectivity index (χ3n) is 5.61. The van der Waals surface area contributed by atoms with Gasteiger partial charge in [-0.3, -0.25) is 4.57 Å². The lowest BCUT2D eigenvalue weighted by molar-refractivity contribution is 0.714. The molecular formula is C26H23N7O. The molecule has 2 aromatic heterocycles. The zero-order valence-corrected chi connectivity index (χ0v) is 18.7. The van der Waals surface area contributed by atoms with Crippen LogP contribution in [0.25, 0.3) is 28.2 Å². The Morgan fingerprint density at radius 2 is 1.65 bits per heavy atom. The number of H-pyrrole nitrogens is 1. The summed E-state index contributed by atoms with van der Waals surface area (Å²) in [5.41, 5.74) is 4.60. The molecule has 5 rings (SSSR count). The fourth-order valence-electron chi connectivity index (χ4n) is 3.89. The van der Waals surface area contributed by atoms with Crippen molar-refractivity contribution in [2.24, 2.45) is 0 Å². The molecule has 0 amide bonds. The maximum atomic E-state index is 13.2. The molecule has 1 N–H and O–H groups in total. The van der Waals surface area contributed by atoms with Crippen LogP contribution in [0, 0.1) is 0 Å². The van der Waals surface area contributed by atoms with E-state index in [0.717, 1.165) is 33.8 Å². The molecule has 34 heavy (non-hydrogen) atoms. The number of aromatic nitrogens is 7. The summed E-state index contributed by atoms with van der Waals surface area (Å²) in [7, 11) is 0. The van der Waals surface area contributed by atoms with Crippen LogP contribution in [0.4, 0.5) is 0 Å². The Hall–Kier alpha value is -4.59. The first-order valence-corrected chi connectivity index (χ1v) is 11.0. The van der Waals surface area contributed by atoms with Crippen LogP contribution in [0.2, 0.25) is 0 Å². The van der Waals surface area contributed by atoms with Crippen LogP contribution in [0.15, 0.2) is 95.8 Å². The van der Waals surface area contributed by atoms with Crippen molar-refractivity contribution >= 4 is 0 Å². The summed E-state index contributed by atoms with van der Waals surface area (Å²) in [6.45, 7) is 2.40. The molecule has 0 bridgehead atoms. The molecule has 0 saturated carbocycles. The second-order valence-corrected chi connectivity index (χ2v) is 7.80. The van der Waals surface area contributed by atoms with E-state index < -0.39 is 0 Å². The number of nitrogens with zero attached hydrogens (tertiary/aromatic N) is 6. The van der Waals surface area contributed by atoms with Crippen LogP contribution in [0.5, 0.6) is 0 Å². The van der Waals surface area contributed by atoms with E-state index in [0.29, 0.717) is 18.8 Å². The largest absolute Gasteiger partial charge is 0.351 e. The Morgan fingerprint density at radius 1 is 0.912 bits per heavy atom. The summed E-state index contributed by atoms with van der Waals surface area (Å²) < 4.78 is 3.20. The Bertz CT molecular complexity index is 1460. The van der Waals surface area contributed by atoms with E-state index >= 15 is 0 Å². The first-order valence-electron chi connectivity index (χ1n) is 11.0. The summed E-state index contributed by atoms with van der Waals surface area (Å²) in [5, 5.41) is 18.9. The van der Waals surface area contributed by atoms with Crippen LogP contribution in [-0.2, 0) is 13.0 Å². The lowest BCUT2D eigenvalue weighted by atomic mass is 9.98. The van der Waals surface area contributed by atoms with Gasteiger partial charge in [-0.2, -0.15) is 4.68 Å². The number of rotatable bonds is 7. The highest BCUT2D eigenvalue weighted by Crippen LogP contribution is 2.29. The quantitative estimate of drug-likeness (QED) is 0.378. The van der Waals surface area contributed by atoms with Gasteiger partial charge in [0.15, 0.2) is 5.82 Å². The van der Waals surface area contributed by atoms with Gasteiger partial charge in [0.05, 0.1) is 12.2 Å². The van der Waals surface area contributed by atoms with Crippen molar-refractivity contribution in [2.45, 2.75) is 19.9 Å². The van der Waals surface area contributed by atoms with E-state index in [4.69, 9.17) is 0 Å². The number of tetrazole rings is 1. The van der Waals surface area contributed by atoms with Gasteiger partial charge in [-0.1, -0.05) is 78.9 Å². The van der Waals surface area contributed by atoms with Gasteiger partial charge in [-0.05, 0) is 46.2 Å². The van der Waals surface area contributed by atoms with Gasteiger partial charge in [0, 0.05) is 12.0 Å². The summed E-state index contributed by atoms with van der Waals surface area (Å²) in [6, 6.07) is 25.6. The number of nitrogens with one attached hydrogen (secondary N) is 1. The van der Waals surface area contributed by atoms with Crippen LogP contribution < -0.4 is 5.69 Å². The third-order valence-corrected chi connectivity index (χ3v) is 5.61. The molecule has 0 aliphatic heterocycles. The molecule has 8 heteroatoms. The van der Waals surface area contributed by atoms with Gasteiger partial charge in [0.25, 0.3) is 0 Å². The Balaban J connectivity index is 1.47. The van der Waals surface area contributed by atoms with Crippen molar-refractivity contribution in [2.75, 3.05) is 0 Å². The minimum atomic E-state index is -0.155. The molecule has 0 fully saturated rings. The van der Waals surface area contributed by atoms with Crippen LogP contribution in [0.3, 0.4) is 0 Å². The van der Waals surface area contributed by atoms with Gasteiger partial charge in [0.1, 0.15) is 5.82 Å². The maximum absolute atomic E-state index is 13.2. The van der Waals surface area contributed by atoms with E-state index in [9.17, 15) is 4.79 Å². The molecular weight excluding hydrogens is 426 g/mol. The number of para-hydroxylation sites is 1. The molecule has 0 atom stereocenters. The number of aromatic amines is 1. The molecule has 0 unspecified atom stereocenters. The SMILES string of the molecule is CC=CCc1nn(-c2ccccc2)c(=O)n1Cc1ccc(-c2ccccc2-c2nnn[nH]2)cc1. The van der Waals surface area contributed by atoms with Gasteiger partial charge in [-0.15, -0.1) is 10.2 Å². The van der Waals surface area contributed by atoms with Crippen molar-refractivity contribution in [3.63, 3.8) is 0 Å². The number of hydrogen-bond donors (Lipinski definition) is 1. The zero-order valence-electron chi connectivity index (χ0n) is 18.7. The van der Waals surface area contributed by atoms with E-state index in [1.807, 2.05) is 85.8 Å². The van der Waals surface area contributed by atoms with Crippen LogP contribution >= 0.6 is 0 Å². The van der Waals surface area contributed by atoms with Crippen molar-refractivity contribution in [1.29, 1.82) is 0 Å². The number of benzene rings is 3. The highest BCUT2D eigenvalue weighted by atomic mass is 16.2. The number of allylic oxidation sites excluding steroid dienone is 2. The maximum Gasteiger partial charge on any atom is 0.351 e. The van der Waals surface area contributed by atoms with E-state index in [2.05, 4.69) is 37.9 Å². The highest BCUT2D eigenvalue weighted by molar-refractivity contribution is 5.80. The van der Waals surface area contributed by atoms with Crippen molar-refractivity contribution < 1.29 is 0 Å². The van der Waals surface area contributed by atoms with Crippen LogP contribution in [-0.4, -0.2) is 35.0 Å². The third kappa shape index (κ3) is 4.21. The summed E-state index contributed by atoms with van der Waals surface area (Å²) >= 11 is 0. The predicted molar refractivity (Wildman–Crippen MR) is 130 cm³/mol. The van der Waals surface area contributed by atoms with Gasteiger partial charge in [0.2, 0.25) is 0 Å². The first-order chi connectivity index (χ1) is 16.7. The first kappa shape index (κ1) is 21.3. The molecule has 0 spiro atoms. The predicted octanol–water partition coefficient (Wildman–Crippen LogP) is 4.05. The monoisotopic (exact) mass is 449 g/mol. The Morgan fingerprint density at radius 3 is 2.35 bits per heavy atom. The van der Waals surface area contributed by atoms with Gasteiger partial charge < -0.3 is 0 Å². The lowest BCUT2D eigenvalue weighted by Gasteiger charge is -2.09. The second-order valence-electron chi connectivity index (χ2n) is 7.80. The summed E-state index contributed by atoms with van der Waals surface area (Å²) in [4.78, 5) is 13.2. The minimum Gasteiger partial charge on any atom is -0.274 e. The second kappa shape index (κ2) is 9.50. The van der Waals surface area contributed by atoms with E-state index in [1.165, 1.54) is 4.68 Å². The molecule has 0 aliphatic carbocycles. The highest BCUT2D eigenvalue weighted by Gasteiger charge is 2.15. The standard InChI is InChI=1S/C26H23N7O/c1-2-3-13-24-29-33(21-9-5-4-6-10-21)26(34)32(24)18-19-14-16-20(17-15-19)22-11-7-8-12-23(22)25-27-30-31-28-25/h2-12,14-17H,13,18H2,1H3,(H,27,28,30,31). The lowest BCUT2D eigenvalue weighted by Crippen LogP contribution is -2.25. The van der Waals surface area contributed by atoms with Crippen molar-refractivity contribution in [3.8, 4) is 28.2 Å².